The molecule has 0 spiro atoms. The number of carbonyl (C=O) groups excluding carboxylic acids is 1. The lowest BCUT2D eigenvalue weighted by molar-refractivity contribution is 0.0161. The van der Waals surface area contributed by atoms with E-state index in [-0.39, 0.29) is 6.09 Å². The monoisotopic (exact) mass is 252 g/mol. The summed E-state index contributed by atoms with van der Waals surface area (Å²) in [5.74, 6) is 0.535. The molecular formula is C14H24N2O2. The van der Waals surface area contributed by atoms with E-state index >= 15 is 0 Å². The molecule has 1 amide bonds. The summed E-state index contributed by atoms with van der Waals surface area (Å²) in [6.45, 7) is 14.6. The van der Waals surface area contributed by atoms with Crippen molar-refractivity contribution in [3.05, 3.63) is 11.4 Å². The van der Waals surface area contributed by atoms with Gasteiger partial charge in [0, 0.05) is 19.5 Å². The molecular weight excluding hydrogens is 228 g/mol. The van der Waals surface area contributed by atoms with Gasteiger partial charge in [-0.1, -0.05) is 0 Å². The Morgan fingerprint density at radius 2 is 2.22 bits per heavy atom. The summed E-state index contributed by atoms with van der Waals surface area (Å²) in [6.07, 6.45) is 3.99. The Labute approximate surface area is 110 Å². The van der Waals surface area contributed by atoms with E-state index in [1.54, 1.807) is 0 Å². The molecule has 1 unspecified atom stereocenters. The first-order chi connectivity index (χ1) is 8.42. The molecule has 1 heterocycles. The van der Waals surface area contributed by atoms with Crippen LogP contribution in [0.5, 0.6) is 0 Å². The lowest BCUT2D eigenvalue weighted by atomic mass is 9.94. The third kappa shape index (κ3) is 5.39. The van der Waals surface area contributed by atoms with Gasteiger partial charge in [-0.05, 0) is 46.0 Å². The molecule has 0 aromatic carbocycles. The minimum Gasteiger partial charge on any atom is -0.444 e. The average Bonchev–Trinajstić information content (AvgIpc) is 2.27. The second kappa shape index (κ2) is 6.63. The first kappa shape index (κ1) is 14.8. The fourth-order valence-electron chi connectivity index (χ4n) is 2.25. The van der Waals surface area contributed by atoms with E-state index in [1.165, 1.54) is 0 Å². The van der Waals surface area contributed by atoms with Crippen molar-refractivity contribution in [1.29, 1.82) is 0 Å². The number of piperidine rings is 1. The molecule has 1 fully saturated rings. The van der Waals surface area contributed by atoms with E-state index in [0.29, 0.717) is 12.5 Å². The summed E-state index contributed by atoms with van der Waals surface area (Å²) < 4.78 is 5.39. The number of amides is 1. The maximum absolute atomic E-state index is 11.9. The molecule has 1 saturated heterocycles. The topological polar surface area (TPSA) is 33.9 Å². The van der Waals surface area contributed by atoms with Crippen LogP contribution in [0.2, 0.25) is 0 Å². The summed E-state index contributed by atoms with van der Waals surface area (Å²) in [5, 5.41) is 0. The van der Waals surface area contributed by atoms with Crippen molar-refractivity contribution in [3.8, 4) is 0 Å². The molecule has 102 valence electrons. The van der Waals surface area contributed by atoms with Gasteiger partial charge in [0.05, 0.1) is 0 Å². The third-order valence-corrected chi connectivity index (χ3v) is 3.05. The van der Waals surface area contributed by atoms with Crippen LogP contribution in [0.3, 0.4) is 0 Å². The highest BCUT2D eigenvalue weighted by Gasteiger charge is 2.27. The zero-order valence-electron chi connectivity index (χ0n) is 11.7. The normalized spacial score (nSPS) is 20.3. The number of hydrogen-bond donors (Lipinski definition) is 0. The summed E-state index contributed by atoms with van der Waals surface area (Å²) in [7, 11) is 0. The van der Waals surface area contributed by atoms with Gasteiger partial charge >= 0.3 is 6.09 Å². The molecule has 4 heteroatoms. The van der Waals surface area contributed by atoms with Crippen molar-refractivity contribution in [2.45, 2.75) is 52.1 Å². The van der Waals surface area contributed by atoms with Gasteiger partial charge in [-0.25, -0.2) is 11.4 Å². The van der Waals surface area contributed by atoms with Gasteiger partial charge < -0.3 is 14.5 Å². The number of hydrogen-bond acceptors (Lipinski definition) is 2. The molecule has 0 saturated carbocycles. The number of rotatable bonds is 3. The molecule has 0 bridgehead atoms. The van der Waals surface area contributed by atoms with Gasteiger partial charge in [-0.15, -0.1) is 0 Å². The van der Waals surface area contributed by atoms with Crippen molar-refractivity contribution >= 4 is 6.09 Å². The first-order valence-corrected chi connectivity index (χ1v) is 6.73. The van der Waals surface area contributed by atoms with Gasteiger partial charge in [-0.3, -0.25) is 0 Å². The van der Waals surface area contributed by atoms with Crippen molar-refractivity contribution in [3.63, 3.8) is 0 Å². The number of likely N-dealkylation sites (tertiary alicyclic amines) is 1. The van der Waals surface area contributed by atoms with Crippen LogP contribution in [-0.4, -0.2) is 36.2 Å². The van der Waals surface area contributed by atoms with E-state index < -0.39 is 5.60 Å². The number of ether oxygens (including phenoxy) is 1. The minimum absolute atomic E-state index is 0.197. The van der Waals surface area contributed by atoms with Gasteiger partial charge in [-0.2, -0.15) is 0 Å². The predicted octanol–water partition coefficient (Wildman–Crippen LogP) is 3.33. The highest BCUT2D eigenvalue weighted by Crippen LogP contribution is 2.22. The molecule has 1 aliphatic heterocycles. The quantitative estimate of drug-likeness (QED) is 0.570. The molecule has 1 aliphatic rings. The van der Waals surface area contributed by atoms with Crippen LogP contribution < -0.4 is 0 Å². The molecule has 1 atom stereocenters. The van der Waals surface area contributed by atoms with Crippen LogP contribution in [0.1, 0.15) is 46.5 Å². The highest BCUT2D eigenvalue weighted by molar-refractivity contribution is 5.68. The van der Waals surface area contributed by atoms with E-state index in [0.717, 1.165) is 38.8 Å². The summed E-state index contributed by atoms with van der Waals surface area (Å²) in [6, 6.07) is 0. The van der Waals surface area contributed by atoms with Crippen LogP contribution in [-0.2, 0) is 4.74 Å². The zero-order valence-corrected chi connectivity index (χ0v) is 11.7. The average molecular weight is 252 g/mol. The Bertz CT molecular complexity index is 315. The van der Waals surface area contributed by atoms with Crippen molar-refractivity contribution in [1.82, 2.24) is 4.90 Å². The SMILES string of the molecule is [C-]#[N+]CCCC1CCCN(C(=O)OC(C)(C)C)C1. The molecule has 4 nitrogen and oxygen atoms in total. The van der Waals surface area contributed by atoms with Crippen LogP contribution in [0, 0.1) is 12.5 Å². The fraction of sp³-hybridized carbons (Fsp3) is 0.857. The van der Waals surface area contributed by atoms with Crippen LogP contribution >= 0.6 is 0 Å². The Morgan fingerprint density at radius 3 is 2.83 bits per heavy atom. The van der Waals surface area contributed by atoms with Crippen molar-refractivity contribution in [2.75, 3.05) is 19.6 Å². The van der Waals surface area contributed by atoms with Crippen molar-refractivity contribution in [2.24, 2.45) is 5.92 Å². The van der Waals surface area contributed by atoms with Crippen LogP contribution in [0.15, 0.2) is 0 Å². The smallest absolute Gasteiger partial charge is 0.410 e. The molecule has 18 heavy (non-hydrogen) atoms. The van der Waals surface area contributed by atoms with E-state index in [1.807, 2.05) is 25.7 Å². The predicted molar refractivity (Wildman–Crippen MR) is 71.2 cm³/mol. The zero-order chi connectivity index (χ0) is 13.6. The van der Waals surface area contributed by atoms with E-state index in [2.05, 4.69) is 4.85 Å². The fourth-order valence-corrected chi connectivity index (χ4v) is 2.25. The van der Waals surface area contributed by atoms with Gasteiger partial charge in [0.1, 0.15) is 5.60 Å². The lowest BCUT2D eigenvalue weighted by Crippen LogP contribution is -2.42. The maximum atomic E-state index is 11.9. The Hall–Kier alpha value is -1.24. The molecule has 1 rings (SSSR count). The lowest BCUT2D eigenvalue weighted by Gasteiger charge is -2.34. The third-order valence-electron chi connectivity index (χ3n) is 3.05. The maximum Gasteiger partial charge on any atom is 0.410 e. The van der Waals surface area contributed by atoms with Crippen molar-refractivity contribution < 1.29 is 9.53 Å². The largest absolute Gasteiger partial charge is 0.444 e. The first-order valence-electron chi connectivity index (χ1n) is 6.73. The Kier molecular flexibility index (Phi) is 5.46. The molecule has 0 aromatic rings. The second-order valence-corrected chi connectivity index (χ2v) is 5.96. The molecule has 0 N–H and O–H groups in total. The molecule has 0 aromatic heterocycles. The Morgan fingerprint density at radius 1 is 1.50 bits per heavy atom. The standard InChI is InChI=1S/C14H24N2O2/c1-14(2,3)18-13(17)16-10-6-8-12(11-16)7-5-9-15-4/h12H,5-11H2,1-3H3. The Balaban J connectivity index is 2.39. The van der Waals surface area contributed by atoms with Gasteiger partial charge in [0.2, 0.25) is 6.54 Å². The van der Waals surface area contributed by atoms with Gasteiger partial charge in [0.15, 0.2) is 0 Å². The summed E-state index contributed by atoms with van der Waals surface area (Å²) in [4.78, 5) is 17.1. The highest BCUT2D eigenvalue weighted by atomic mass is 16.6. The van der Waals surface area contributed by atoms with Crippen LogP contribution in [0.25, 0.3) is 4.85 Å². The van der Waals surface area contributed by atoms with Crippen LogP contribution in [0.4, 0.5) is 4.79 Å². The summed E-state index contributed by atoms with van der Waals surface area (Å²) in [5.41, 5.74) is -0.422. The van der Waals surface area contributed by atoms with E-state index in [4.69, 9.17) is 11.3 Å². The molecule has 0 aliphatic carbocycles. The second-order valence-electron chi connectivity index (χ2n) is 5.96. The van der Waals surface area contributed by atoms with E-state index in [9.17, 15) is 4.79 Å². The molecule has 0 radical (unpaired) electrons. The van der Waals surface area contributed by atoms with Gasteiger partial charge in [0.25, 0.3) is 0 Å². The number of nitrogens with zero attached hydrogens (tertiary/aromatic N) is 2. The number of carbonyl (C=O) groups is 1. The summed E-state index contributed by atoms with van der Waals surface area (Å²) >= 11 is 0. The minimum atomic E-state index is -0.422.